The topological polar surface area (TPSA) is 37.3 Å². The SMILES string of the molecule is C=C(C)[C@@H]1CC[C@@]2(C)CC(=O)C=C(C)[C@@]2(O)C1. The van der Waals surface area contributed by atoms with Crippen LogP contribution in [0.1, 0.15) is 46.5 Å². The molecule has 0 bridgehead atoms. The molecule has 0 saturated heterocycles. The highest BCUT2D eigenvalue weighted by atomic mass is 16.3. The van der Waals surface area contributed by atoms with Gasteiger partial charge in [-0.15, -0.1) is 0 Å². The molecule has 1 fully saturated rings. The number of allylic oxidation sites excluding steroid dienone is 2. The molecule has 2 aliphatic carbocycles. The molecule has 94 valence electrons. The summed E-state index contributed by atoms with van der Waals surface area (Å²) in [7, 11) is 0. The second kappa shape index (κ2) is 3.81. The molecule has 2 rings (SSSR count). The predicted octanol–water partition coefficient (Wildman–Crippen LogP) is 3.02. The second-order valence-corrected chi connectivity index (χ2v) is 6.18. The van der Waals surface area contributed by atoms with Crippen LogP contribution < -0.4 is 0 Å². The van der Waals surface area contributed by atoms with Gasteiger partial charge in [-0.25, -0.2) is 0 Å². The zero-order valence-electron chi connectivity index (χ0n) is 11.0. The van der Waals surface area contributed by atoms with Crippen LogP contribution in [-0.4, -0.2) is 16.5 Å². The smallest absolute Gasteiger partial charge is 0.156 e. The Hall–Kier alpha value is -0.890. The van der Waals surface area contributed by atoms with E-state index in [1.54, 1.807) is 6.08 Å². The van der Waals surface area contributed by atoms with Gasteiger partial charge in [0, 0.05) is 11.8 Å². The van der Waals surface area contributed by atoms with Crippen molar-refractivity contribution in [1.29, 1.82) is 0 Å². The lowest BCUT2D eigenvalue weighted by Crippen LogP contribution is -2.54. The van der Waals surface area contributed by atoms with Gasteiger partial charge in [0.15, 0.2) is 5.78 Å². The zero-order valence-corrected chi connectivity index (χ0v) is 11.0. The van der Waals surface area contributed by atoms with Crippen LogP contribution in [0.5, 0.6) is 0 Å². The van der Waals surface area contributed by atoms with Gasteiger partial charge in [0.25, 0.3) is 0 Å². The Labute approximate surface area is 103 Å². The van der Waals surface area contributed by atoms with E-state index in [1.165, 1.54) is 0 Å². The molecule has 0 aromatic rings. The van der Waals surface area contributed by atoms with Gasteiger partial charge in [-0.3, -0.25) is 4.79 Å². The van der Waals surface area contributed by atoms with Gasteiger partial charge in [-0.2, -0.15) is 0 Å². The van der Waals surface area contributed by atoms with Crippen LogP contribution in [0.25, 0.3) is 0 Å². The molecule has 0 radical (unpaired) electrons. The largest absolute Gasteiger partial charge is 0.385 e. The molecule has 2 heteroatoms. The monoisotopic (exact) mass is 234 g/mol. The van der Waals surface area contributed by atoms with Crippen molar-refractivity contribution < 1.29 is 9.90 Å². The van der Waals surface area contributed by atoms with E-state index in [0.717, 1.165) is 24.0 Å². The Morgan fingerprint density at radius 3 is 2.82 bits per heavy atom. The van der Waals surface area contributed by atoms with Gasteiger partial charge < -0.3 is 5.11 Å². The summed E-state index contributed by atoms with van der Waals surface area (Å²) in [6.07, 6.45) is 4.76. The van der Waals surface area contributed by atoms with Gasteiger partial charge >= 0.3 is 0 Å². The summed E-state index contributed by atoms with van der Waals surface area (Å²) < 4.78 is 0. The van der Waals surface area contributed by atoms with Crippen molar-refractivity contribution in [2.45, 2.75) is 52.1 Å². The second-order valence-electron chi connectivity index (χ2n) is 6.18. The highest BCUT2D eigenvalue weighted by Crippen LogP contribution is 2.54. The third kappa shape index (κ3) is 1.79. The van der Waals surface area contributed by atoms with E-state index in [1.807, 2.05) is 13.8 Å². The number of ketones is 1. The summed E-state index contributed by atoms with van der Waals surface area (Å²) in [6.45, 7) is 9.98. The van der Waals surface area contributed by atoms with Crippen LogP contribution in [0.15, 0.2) is 23.8 Å². The van der Waals surface area contributed by atoms with Crippen molar-refractivity contribution in [1.82, 2.24) is 0 Å². The van der Waals surface area contributed by atoms with Crippen LogP contribution in [0.2, 0.25) is 0 Å². The molecule has 0 aromatic heterocycles. The first kappa shape index (κ1) is 12.6. The fraction of sp³-hybridized carbons (Fsp3) is 0.667. The summed E-state index contributed by atoms with van der Waals surface area (Å²) in [5.74, 6) is 0.535. The van der Waals surface area contributed by atoms with Gasteiger partial charge in [-0.1, -0.05) is 19.1 Å². The number of rotatable bonds is 1. The molecule has 0 aliphatic heterocycles. The maximum absolute atomic E-state index is 11.7. The average molecular weight is 234 g/mol. The maximum Gasteiger partial charge on any atom is 0.156 e. The fourth-order valence-electron chi connectivity index (χ4n) is 3.49. The number of carbonyl (C=O) groups is 1. The molecule has 0 spiro atoms. The highest BCUT2D eigenvalue weighted by molar-refractivity contribution is 5.92. The first-order valence-electron chi connectivity index (χ1n) is 6.38. The highest BCUT2D eigenvalue weighted by Gasteiger charge is 2.54. The summed E-state index contributed by atoms with van der Waals surface area (Å²) in [6, 6.07) is 0. The molecule has 0 amide bonds. The molecule has 1 saturated carbocycles. The number of hydrogen-bond donors (Lipinski definition) is 1. The van der Waals surface area contributed by atoms with E-state index in [-0.39, 0.29) is 11.2 Å². The predicted molar refractivity (Wildman–Crippen MR) is 68.6 cm³/mol. The average Bonchev–Trinajstić information content (AvgIpc) is 2.20. The number of hydrogen-bond acceptors (Lipinski definition) is 2. The van der Waals surface area contributed by atoms with Crippen LogP contribution in [-0.2, 0) is 4.79 Å². The Morgan fingerprint density at radius 1 is 1.59 bits per heavy atom. The van der Waals surface area contributed by atoms with E-state index in [2.05, 4.69) is 13.5 Å². The summed E-state index contributed by atoms with van der Waals surface area (Å²) in [5.41, 5.74) is 0.879. The zero-order chi connectivity index (χ0) is 12.8. The number of fused-ring (bicyclic) bond motifs is 1. The number of carbonyl (C=O) groups excluding carboxylic acids is 1. The van der Waals surface area contributed by atoms with Crippen molar-refractivity contribution in [3.8, 4) is 0 Å². The lowest BCUT2D eigenvalue weighted by Gasteiger charge is -2.53. The molecule has 1 N–H and O–H groups in total. The van der Waals surface area contributed by atoms with Crippen molar-refractivity contribution in [2.24, 2.45) is 11.3 Å². The van der Waals surface area contributed by atoms with Crippen molar-refractivity contribution >= 4 is 5.78 Å². The molecule has 17 heavy (non-hydrogen) atoms. The van der Waals surface area contributed by atoms with E-state index in [4.69, 9.17) is 0 Å². The molecular weight excluding hydrogens is 212 g/mol. The minimum Gasteiger partial charge on any atom is -0.385 e. The first-order chi connectivity index (χ1) is 7.78. The molecule has 2 aliphatic rings. The van der Waals surface area contributed by atoms with Gasteiger partial charge in [0.05, 0.1) is 5.60 Å². The van der Waals surface area contributed by atoms with Crippen molar-refractivity contribution in [3.05, 3.63) is 23.8 Å². The van der Waals surface area contributed by atoms with Crippen LogP contribution in [0, 0.1) is 11.3 Å². The minimum absolute atomic E-state index is 0.156. The Kier molecular flexibility index (Phi) is 2.81. The van der Waals surface area contributed by atoms with Crippen molar-refractivity contribution in [2.75, 3.05) is 0 Å². The Morgan fingerprint density at radius 2 is 2.24 bits per heavy atom. The van der Waals surface area contributed by atoms with Crippen molar-refractivity contribution in [3.63, 3.8) is 0 Å². The normalized spacial score (nSPS) is 41.8. The van der Waals surface area contributed by atoms with E-state index < -0.39 is 5.60 Å². The molecular formula is C15H22O2. The minimum atomic E-state index is -0.817. The molecule has 0 heterocycles. The summed E-state index contributed by atoms with van der Waals surface area (Å²) in [4.78, 5) is 11.7. The standard InChI is InChI=1S/C15H22O2/c1-10(2)12-5-6-14(4)9-13(16)7-11(3)15(14,17)8-12/h7,12,17H,1,5-6,8-9H2,2-4H3/t12-,14+,15+/m1/s1. The van der Waals surface area contributed by atoms with Crippen LogP contribution in [0.3, 0.4) is 0 Å². The number of aliphatic hydroxyl groups is 1. The first-order valence-corrected chi connectivity index (χ1v) is 6.38. The summed E-state index contributed by atoms with van der Waals surface area (Å²) in [5, 5.41) is 11.0. The van der Waals surface area contributed by atoms with E-state index in [0.29, 0.717) is 18.8 Å². The lowest BCUT2D eigenvalue weighted by molar-refractivity contribution is -0.133. The van der Waals surface area contributed by atoms with Gasteiger partial charge in [-0.05, 0) is 50.7 Å². The lowest BCUT2D eigenvalue weighted by atomic mass is 9.54. The molecule has 0 unspecified atom stereocenters. The third-order valence-electron chi connectivity index (χ3n) is 4.88. The summed E-state index contributed by atoms with van der Waals surface area (Å²) >= 11 is 0. The van der Waals surface area contributed by atoms with E-state index >= 15 is 0 Å². The molecule has 2 nitrogen and oxygen atoms in total. The maximum atomic E-state index is 11.7. The van der Waals surface area contributed by atoms with E-state index in [9.17, 15) is 9.90 Å². The van der Waals surface area contributed by atoms with Gasteiger partial charge in [0.1, 0.15) is 0 Å². The van der Waals surface area contributed by atoms with Crippen LogP contribution >= 0.6 is 0 Å². The van der Waals surface area contributed by atoms with Crippen LogP contribution in [0.4, 0.5) is 0 Å². The Bertz CT molecular complexity index is 407. The third-order valence-corrected chi connectivity index (χ3v) is 4.88. The molecule has 0 aromatic carbocycles. The van der Waals surface area contributed by atoms with Gasteiger partial charge in [0.2, 0.25) is 0 Å². The fourth-order valence-corrected chi connectivity index (χ4v) is 3.49. The Balaban J connectivity index is 2.40. The quantitative estimate of drug-likeness (QED) is 0.708. The molecule has 3 atom stereocenters.